The first kappa shape index (κ1) is 17.9. The van der Waals surface area contributed by atoms with Crippen molar-refractivity contribution in [1.29, 1.82) is 0 Å². The summed E-state index contributed by atoms with van der Waals surface area (Å²) in [7, 11) is -3.74. The fraction of sp³-hybridized carbons (Fsp3) is 0.222. The molecule has 136 valence electrons. The number of aromatic nitrogens is 2. The molecular formula is C18H20N4O3S. The van der Waals surface area contributed by atoms with Crippen molar-refractivity contribution in [3.8, 4) is 0 Å². The van der Waals surface area contributed by atoms with Gasteiger partial charge in [-0.05, 0) is 31.2 Å². The Bertz CT molecular complexity index is 1040. The number of nitrogens with one attached hydrogen (secondary N) is 2. The number of para-hydroxylation sites is 1. The Hall–Kier alpha value is -2.87. The zero-order valence-electron chi connectivity index (χ0n) is 14.6. The summed E-state index contributed by atoms with van der Waals surface area (Å²) in [6, 6.07) is 13.6. The SMILES string of the molecule is CC(=O)NCCNc1cccc2c1nc(C)n2S(=O)(=O)c1ccccc1. The van der Waals surface area contributed by atoms with E-state index in [0.29, 0.717) is 29.9 Å². The fourth-order valence-corrected chi connectivity index (χ4v) is 4.28. The number of amides is 1. The lowest BCUT2D eigenvalue weighted by molar-refractivity contribution is -0.118. The van der Waals surface area contributed by atoms with E-state index in [1.165, 1.54) is 10.9 Å². The summed E-state index contributed by atoms with van der Waals surface area (Å²) in [6.45, 7) is 4.10. The maximum Gasteiger partial charge on any atom is 0.269 e. The number of anilines is 1. The van der Waals surface area contributed by atoms with Crippen LogP contribution in [0.2, 0.25) is 0 Å². The van der Waals surface area contributed by atoms with E-state index >= 15 is 0 Å². The van der Waals surface area contributed by atoms with Gasteiger partial charge < -0.3 is 10.6 Å². The van der Waals surface area contributed by atoms with Crippen molar-refractivity contribution in [2.75, 3.05) is 18.4 Å². The molecule has 2 N–H and O–H groups in total. The molecule has 0 aliphatic heterocycles. The first-order valence-corrected chi connectivity index (χ1v) is 9.62. The second-order valence-corrected chi connectivity index (χ2v) is 7.61. The average molecular weight is 372 g/mol. The summed E-state index contributed by atoms with van der Waals surface area (Å²) in [5.41, 5.74) is 1.81. The van der Waals surface area contributed by atoms with Crippen LogP contribution >= 0.6 is 0 Å². The summed E-state index contributed by atoms with van der Waals surface area (Å²) in [4.78, 5) is 15.6. The molecule has 7 nitrogen and oxygen atoms in total. The highest BCUT2D eigenvalue weighted by molar-refractivity contribution is 7.90. The van der Waals surface area contributed by atoms with E-state index in [-0.39, 0.29) is 10.8 Å². The zero-order chi connectivity index (χ0) is 18.7. The second-order valence-electron chi connectivity index (χ2n) is 5.82. The summed E-state index contributed by atoms with van der Waals surface area (Å²) in [6.07, 6.45) is 0. The highest BCUT2D eigenvalue weighted by atomic mass is 32.2. The van der Waals surface area contributed by atoms with Gasteiger partial charge in [0.25, 0.3) is 10.0 Å². The maximum atomic E-state index is 13.0. The Morgan fingerprint density at radius 1 is 1.08 bits per heavy atom. The van der Waals surface area contributed by atoms with Crippen LogP contribution in [0.15, 0.2) is 53.4 Å². The Balaban J connectivity index is 2.00. The third-order valence-electron chi connectivity index (χ3n) is 3.90. The maximum absolute atomic E-state index is 13.0. The van der Waals surface area contributed by atoms with Crippen molar-refractivity contribution in [1.82, 2.24) is 14.3 Å². The van der Waals surface area contributed by atoms with Gasteiger partial charge in [0.1, 0.15) is 11.3 Å². The third-order valence-corrected chi connectivity index (χ3v) is 5.71. The normalized spacial score (nSPS) is 11.5. The minimum absolute atomic E-state index is 0.0981. The standard InChI is InChI=1S/C18H20N4O3S/c1-13-21-18-16(20-12-11-19-14(2)23)9-6-10-17(18)22(13)26(24,25)15-7-4-3-5-8-15/h3-10,20H,11-12H2,1-2H3,(H,19,23). The van der Waals surface area contributed by atoms with Gasteiger partial charge in [0, 0.05) is 20.0 Å². The predicted octanol–water partition coefficient (Wildman–Crippen LogP) is 2.13. The predicted molar refractivity (Wildman–Crippen MR) is 101 cm³/mol. The van der Waals surface area contributed by atoms with Crippen LogP contribution in [0.1, 0.15) is 12.7 Å². The van der Waals surface area contributed by atoms with Crippen LogP contribution in [-0.2, 0) is 14.8 Å². The van der Waals surface area contributed by atoms with Gasteiger partial charge in [-0.1, -0.05) is 24.3 Å². The monoisotopic (exact) mass is 372 g/mol. The lowest BCUT2D eigenvalue weighted by Gasteiger charge is -2.10. The van der Waals surface area contributed by atoms with Gasteiger partial charge in [-0.15, -0.1) is 0 Å². The molecule has 0 saturated heterocycles. The number of nitrogens with zero attached hydrogens (tertiary/aromatic N) is 2. The van der Waals surface area contributed by atoms with Crippen LogP contribution in [0.4, 0.5) is 5.69 Å². The molecule has 0 unspecified atom stereocenters. The average Bonchev–Trinajstić information content (AvgIpc) is 2.96. The first-order chi connectivity index (χ1) is 12.4. The van der Waals surface area contributed by atoms with Crippen LogP contribution in [0.5, 0.6) is 0 Å². The fourth-order valence-electron chi connectivity index (χ4n) is 2.77. The van der Waals surface area contributed by atoms with Gasteiger partial charge in [-0.2, -0.15) is 0 Å². The van der Waals surface area contributed by atoms with Gasteiger partial charge in [-0.3, -0.25) is 4.79 Å². The van der Waals surface area contributed by atoms with Crippen LogP contribution in [0, 0.1) is 6.92 Å². The van der Waals surface area contributed by atoms with Gasteiger partial charge in [0.15, 0.2) is 0 Å². The van der Waals surface area contributed by atoms with Crippen molar-refractivity contribution < 1.29 is 13.2 Å². The molecule has 0 atom stereocenters. The molecule has 0 aliphatic rings. The molecule has 8 heteroatoms. The molecule has 1 aromatic heterocycles. The van der Waals surface area contributed by atoms with Crippen LogP contribution in [-0.4, -0.2) is 36.4 Å². The minimum atomic E-state index is -3.74. The van der Waals surface area contributed by atoms with E-state index in [4.69, 9.17) is 0 Å². The van der Waals surface area contributed by atoms with Crippen molar-refractivity contribution in [2.45, 2.75) is 18.7 Å². The lowest BCUT2D eigenvalue weighted by atomic mass is 10.2. The zero-order valence-corrected chi connectivity index (χ0v) is 15.4. The number of hydrogen-bond acceptors (Lipinski definition) is 5. The number of carbonyl (C=O) groups is 1. The van der Waals surface area contributed by atoms with E-state index in [2.05, 4.69) is 15.6 Å². The molecule has 0 saturated carbocycles. The van der Waals surface area contributed by atoms with Crippen molar-refractivity contribution in [3.63, 3.8) is 0 Å². The molecule has 1 heterocycles. The molecule has 26 heavy (non-hydrogen) atoms. The Kier molecular flexibility index (Phi) is 4.94. The molecule has 3 aromatic rings. The van der Waals surface area contributed by atoms with E-state index in [1.54, 1.807) is 49.4 Å². The smallest absolute Gasteiger partial charge is 0.269 e. The number of benzene rings is 2. The lowest BCUT2D eigenvalue weighted by Crippen LogP contribution is -2.26. The number of imidazole rings is 1. The second kappa shape index (κ2) is 7.17. The van der Waals surface area contributed by atoms with E-state index in [1.807, 2.05) is 6.07 Å². The molecule has 0 radical (unpaired) electrons. The molecule has 0 aliphatic carbocycles. The van der Waals surface area contributed by atoms with E-state index in [0.717, 1.165) is 5.69 Å². The summed E-state index contributed by atoms with van der Waals surface area (Å²) >= 11 is 0. The van der Waals surface area contributed by atoms with Gasteiger partial charge in [0.2, 0.25) is 5.91 Å². The van der Waals surface area contributed by atoms with E-state index in [9.17, 15) is 13.2 Å². The molecule has 3 rings (SSSR count). The Morgan fingerprint density at radius 3 is 2.50 bits per heavy atom. The summed E-state index contributed by atoms with van der Waals surface area (Å²) in [5, 5.41) is 5.89. The Labute approximate surface area is 152 Å². The van der Waals surface area contributed by atoms with Crippen molar-refractivity contribution in [3.05, 3.63) is 54.4 Å². The molecule has 0 bridgehead atoms. The quantitative estimate of drug-likeness (QED) is 0.647. The highest BCUT2D eigenvalue weighted by Gasteiger charge is 2.23. The largest absolute Gasteiger partial charge is 0.381 e. The van der Waals surface area contributed by atoms with Gasteiger partial charge >= 0.3 is 0 Å². The number of aryl methyl sites for hydroxylation is 1. The third kappa shape index (κ3) is 3.41. The van der Waals surface area contributed by atoms with Crippen LogP contribution in [0.3, 0.4) is 0 Å². The molecular weight excluding hydrogens is 352 g/mol. The number of carbonyl (C=O) groups excluding carboxylic acids is 1. The van der Waals surface area contributed by atoms with Crippen molar-refractivity contribution in [2.24, 2.45) is 0 Å². The molecule has 1 amide bonds. The summed E-state index contributed by atoms with van der Waals surface area (Å²) in [5.74, 6) is 0.291. The first-order valence-electron chi connectivity index (χ1n) is 8.18. The number of hydrogen-bond donors (Lipinski definition) is 2. The van der Waals surface area contributed by atoms with Gasteiger partial charge in [-0.25, -0.2) is 17.4 Å². The molecule has 2 aromatic carbocycles. The summed E-state index contributed by atoms with van der Waals surface area (Å²) < 4.78 is 27.3. The van der Waals surface area contributed by atoms with Gasteiger partial charge in [0.05, 0.1) is 16.1 Å². The topological polar surface area (TPSA) is 93.1 Å². The highest BCUT2D eigenvalue weighted by Crippen LogP contribution is 2.27. The molecule has 0 spiro atoms. The molecule has 0 fully saturated rings. The van der Waals surface area contributed by atoms with E-state index < -0.39 is 10.0 Å². The number of rotatable bonds is 6. The number of fused-ring (bicyclic) bond motifs is 1. The minimum Gasteiger partial charge on any atom is -0.381 e. The van der Waals surface area contributed by atoms with Crippen LogP contribution in [0.25, 0.3) is 11.0 Å². The van der Waals surface area contributed by atoms with Crippen LogP contribution < -0.4 is 10.6 Å². The Morgan fingerprint density at radius 2 is 1.81 bits per heavy atom. The van der Waals surface area contributed by atoms with Crippen molar-refractivity contribution >= 4 is 32.7 Å².